The molecule has 0 aliphatic heterocycles. The van der Waals surface area contributed by atoms with Gasteiger partial charge in [-0.15, -0.1) is 0 Å². The van der Waals surface area contributed by atoms with E-state index in [0.717, 1.165) is 29.5 Å². The third kappa shape index (κ3) is 8.49. The van der Waals surface area contributed by atoms with Crippen LogP contribution in [0.15, 0.2) is 95.9 Å². The highest BCUT2D eigenvalue weighted by Crippen LogP contribution is 2.28. The van der Waals surface area contributed by atoms with Gasteiger partial charge in [-0.2, -0.15) is 0 Å². The van der Waals surface area contributed by atoms with E-state index < -0.39 is 16.0 Å². The van der Waals surface area contributed by atoms with E-state index in [1.807, 2.05) is 44.2 Å². The van der Waals surface area contributed by atoms with Crippen molar-refractivity contribution in [3.8, 4) is 17.2 Å². The van der Waals surface area contributed by atoms with Crippen molar-refractivity contribution >= 4 is 27.6 Å². The molecular formula is C35H36N2O7S. The number of para-hydroxylation sites is 1. The lowest BCUT2D eigenvalue weighted by Crippen LogP contribution is -2.39. The summed E-state index contributed by atoms with van der Waals surface area (Å²) in [7, 11) is -3.57. The number of carboxylic acid groups (broad SMARTS) is 1. The fourth-order valence-electron chi connectivity index (χ4n) is 5.22. The maximum Gasteiger partial charge on any atom is 0.337 e. The lowest BCUT2D eigenvalue weighted by Gasteiger charge is -2.29. The summed E-state index contributed by atoms with van der Waals surface area (Å²) >= 11 is 0. The number of rotatable bonds is 11. The van der Waals surface area contributed by atoms with Crippen molar-refractivity contribution in [2.75, 3.05) is 5.32 Å². The van der Waals surface area contributed by atoms with E-state index in [-0.39, 0.29) is 35.7 Å². The Hall–Kier alpha value is -4.67. The monoisotopic (exact) mass is 628 g/mol. The lowest BCUT2D eigenvalue weighted by atomic mass is 9.94. The highest BCUT2D eigenvalue weighted by atomic mass is 32.2. The molecule has 1 aliphatic rings. The van der Waals surface area contributed by atoms with E-state index >= 15 is 0 Å². The molecule has 234 valence electrons. The molecule has 1 fully saturated rings. The van der Waals surface area contributed by atoms with Crippen LogP contribution >= 0.6 is 0 Å². The molecule has 0 aromatic heterocycles. The number of benzene rings is 4. The van der Waals surface area contributed by atoms with Crippen LogP contribution in [0.1, 0.15) is 52.7 Å². The molecular weight excluding hydrogens is 592 g/mol. The molecule has 0 saturated heterocycles. The first-order valence-corrected chi connectivity index (χ1v) is 16.3. The molecule has 0 atom stereocenters. The van der Waals surface area contributed by atoms with Crippen molar-refractivity contribution < 1.29 is 32.6 Å². The Kier molecular flexibility index (Phi) is 9.85. The molecule has 0 heterocycles. The predicted molar refractivity (Wildman–Crippen MR) is 172 cm³/mol. The number of nitrogens with one attached hydrogen (secondary N) is 2. The van der Waals surface area contributed by atoms with Gasteiger partial charge in [0.05, 0.1) is 28.7 Å². The second-order valence-corrected chi connectivity index (χ2v) is 13.0. The maximum absolute atomic E-state index is 12.9. The molecule has 0 unspecified atom stereocenters. The number of aromatic carboxylic acids is 1. The van der Waals surface area contributed by atoms with E-state index in [2.05, 4.69) is 10.0 Å². The molecule has 0 bridgehead atoms. The number of carboxylic acids is 1. The zero-order valence-corrected chi connectivity index (χ0v) is 26.0. The number of hydrogen-bond donors (Lipinski definition) is 3. The van der Waals surface area contributed by atoms with Crippen LogP contribution in [-0.4, -0.2) is 37.5 Å². The van der Waals surface area contributed by atoms with Gasteiger partial charge < -0.3 is 19.9 Å². The van der Waals surface area contributed by atoms with E-state index in [4.69, 9.17) is 9.47 Å². The Morgan fingerprint density at radius 1 is 0.800 bits per heavy atom. The van der Waals surface area contributed by atoms with Crippen LogP contribution in [-0.2, 0) is 21.2 Å². The molecule has 1 aliphatic carbocycles. The maximum atomic E-state index is 12.9. The van der Waals surface area contributed by atoms with Crippen molar-refractivity contribution in [2.45, 2.75) is 63.0 Å². The van der Waals surface area contributed by atoms with E-state index in [0.29, 0.717) is 35.0 Å². The van der Waals surface area contributed by atoms with Crippen molar-refractivity contribution in [1.29, 1.82) is 0 Å². The largest absolute Gasteiger partial charge is 0.490 e. The summed E-state index contributed by atoms with van der Waals surface area (Å²) in [4.78, 5) is 24.1. The highest BCUT2D eigenvalue weighted by molar-refractivity contribution is 7.89. The number of hydrogen-bond acceptors (Lipinski definition) is 6. The average Bonchev–Trinajstić information content (AvgIpc) is 3.01. The second-order valence-electron chi connectivity index (χ2n) is 11.3. The second kappa shape index (κ2) is 14.0. The first-order valence-electron chi connectivity index (χ1n) is 14.8. The molecule has 4 aromatic rings. The average molecular weight is 629 g/mol. The number of carbonyl (C=O) groups is 2. The van der Waals surface area contributed by atoms with Crippen LogP contribution in [0, 0.1) is 13.8 Å². The summed E-state index contributed by atoms with van der Waals surface area (Å²) in [6.07, 6.45) is 2.97. The van der Waals surface area contributed by atoms with Gasteiger partial charge in [0.1, 0.15) is 17.2 Å². The molecule has 9 nitrogen and oxygen atoms in total. The van der Waals surface area contributed by atoms with Gasteiger partial charge >= 0.3 is 5.97 Å². The molecule has 5 rings (SSSR count). The SMILES string of the molecule is Cc1ccc(S(=O)(=O)NC2CCC(Oc3ccc(Oc4ccc(CC(=O)Nc5ccccc5C(=O)O)cc4)cc3)CC2)cc1C. The summed E-state index contributed by atoms with van der Waals surface area (Å²) in [6, 6.07) is 25.8. The van der Waals surface area contributed by atoms with Gasteiger partial charge in [-0.1, -0.05) is 30.3 Å². The van der Waals surface area contributed by atoms with Gasteiger partial charge in [0.25, 0.3) is 0 Å². The number of sulfonamides is 1. The summed E-state index contributed by atoms with van der Waals surface area (Å²) in [5.41, 5.74) is 3.05. The van der Waals surface area contributed by atoms with Crippen molar-refractivity contribution in [1.82, 2.24) is 4.72 Å². The molecule has 0 radical (unpaired) electrons. The van der Waals surface area contributed by atoms with Crippen LogP contribution in [0.5, 0.6) is 17.2 Å². The van der Waals surface area contributed by atoms with Gasteiger partial charge in [-0.25, -0.2) is 17.9 Å². The normalized spacial score (nSPS) is 16.5. The Bertz CT molecular complexity index is 1760. The Morgan fingerprint density at radius 2 is 1.42 bits per heavy atom. The van der Waals surface area contributed by atoms with Crippen LogP contribution in [0.3, 0.4) is 0 Å². The first-order chi connectivity index (χ1) is 21.6. The lowest BCUT2D eigenvalue weighted by molar-refractivity contribution is -0.115. The van der Waals surface area contributed by atoms with Crippen molar-refractivity contribution in [3.05, 3.63) is 113 Å². The summed E-state index contributed by atoms with van der Waals surface area (Å²) < 4.78 is 40.7. The van der Waals surface area contributed by atoms with Crippen LogP contribution < -0.4 is 19.5 Å². The van der Waals surface area contributed by atoms with Gasteiger partial charge in [0, 0.05) is 6.04 Å². The van der Waals surface area contributed by atoms with E-state index in [1.54, 1.807) is 54.6 Å². The smallest absolute Gasteiger partial charge is 0.337 e. The van der Waals surface area contributed by atoms with Crippen molar-refractivity contribution in [3.63, 3.8) is 0 Å². The molecule has 45 heavy (non-hydrogen) atoms. The number of amides is 1. The Balaban J connectivity index is 1.07. The number of anilines is 1. The van der Waals surface area contributed by atoms with Crippen molar-refractivity contribution in [2.24, 2.45) is 0 Å². The highest BCUT2D eigenvalue weighted by Gasteiger charge is 2.27. The van der Waals surface area contributed by atoms with Gasteiger partial charge in [0.15, 0.2) is 0 Å². The van der Waals surface area contributed by atoms with Gasteiger partial charge in [-0.3, -0.25) is 4.79 Å². The Morgan fingerprint density at radius 3 is 2.07 bits per heavy atom. The number of aryl methyl sites for hydroxylation is 2. The van der Waals surface area contributed by atoms with Crippen LogP contribution in [0.25, 0.3) is 0 Å². The Labute approximate surface area is 263 Å². The van der Waals surface area contributed by atoms with E-state index in [9.17, 15) is 23.1 Å². The summed E-state index contributed by atoms with van der Waals surface area (Å²) in [5.74, 6) is 0.520. The molecule has 1 saturated carbocycles. The minimum Gasteiger partial charge on any atom is -0.490 e. The molecule has 0 spiro atoms. The quantitative estimate of drug-likeness (QED) is 0.170. The standard InChI is InChI=1S/C35H36N2O7S/c1-23-7-20-31(21-24(23)2)45(41,42)37-26-10-14-28(15-11-26)44-30-18-16-29(17-19-30)43-27-12-8-25(9-13-27)22-34(38)36-33-6-4-3-5-32(33)35(39)40/h3-9,12-13,16-21,26,28,37H,10-11,14-15,22H2,1-2H3,(H,36,38)(H,39,40). The molecule has 1 amide bonds. The zero-order chi connectivity index (χ0) is 32.0. The minimum absolute atomic E-state index is 0.00138. The van der Waals surface area contributed by atoms with Gasteiger partial charge in [-0.05, 0) is 117 Å². The van der Waals surface area contributed by atoms with Gasteiger partial charge in [0.2, 0.25) is 15.9 Å². The predicted octanol–water partition coefficient (Wildman–Crippen LogP) is 6.64. The van der Waals surface area contributed by atoms with Crippen LogP contribution in [0.4, 0.5) is 5.69 Å². The molecule has 10 heteroatoms. The number of ether oxygens (including phenoxy) is 2. The van der Waals surface area contributed by atoms with Crippen LogP contribution in [0.2, 0.25) is 0 Å². The fraction of sp³-hybridized carbons (Fsp3) is 0.257. The summed E-state index contributed by atoms with van der Waals surface area (Å²) in [5, 5.41) is 12.0. The topological polar surface area (TPSA) is 131 Å². The third-order valence-corrected chi connectivity index (χ3v) is 9.38. The molecule has 3 N–H and O–H groups in total. The molecule has 4 aromatic carbocycles. The minimum atomic E-state index is -3.57. The fourth-order valence-corrected chi connectivity index (χ4v) is 6.61. The summed E-state index contributed by atoms with van der Waals surface area (Å²) in [6.45, 7) is 3.87. The van der Waals surface area contributed by atoms with E-state index in [1.165, 1.54) is 6.07 Å². The zero-order valence-electron chi connectivity index (χ0n) is 25.2. The third-order valence-electron chi connectivity index (χ3n) is 7.87. The first kappa shape index (κ1) is 31.7. The number of carbonyl (C=O) groups excluding carboxylic acids is 1.